The molecule has 4 aromatic rings. The van der Waals surface area contributed by atoms with Crippen LogP contribution in [0.2, 0.25) is 0 Å². The quantitative estimate of drug-likeness (QED) is 0.427. The van der Waals surface area contributed by atoms with Crippen LogP contribution in [0, 0.1) is 12.9 Å². The van der Waals surface area contributed by atoms with E-state index < -0.39 is 5.95 Å². The number of hydrogen-bond donors (Lipinski definition) is 0. The molecule has 0 aliphatic rings. The number of pyridine rings is 1. The van der Waals surface area contributed by atoms with Crippen LogP contribution >= 0.6 is 0 Å². The minimum absolute atomic E-state index is 0.402. The average Bonchev–Trinajstić information content (AvgIpc) is 3.24. The van der Waals surface area contributed by atoms with Crippen LogP contribution in [-0.4, -0.2) is 29.4 Å². The summed E-state index contributed by atoms with van der Waals surface area (Å²) in [6.45, 7) is 1.71. The Morgan fingerprint density at radius 2 is 1.73 bits per heavy atom. The van der Waals surface area contributed by atoms with Crippen LogP contribution in [0.15, 0.2) is 59.1 Å². The second kappa shape index (κ2) is 8.32. The SMILES string of the molecule is COc1ccc(Cc2nnc(-c3cccc(-c4ccnc(F)c4C)c3)o2)cc1OC. The van der Waals surface area contributed by atoms with Gasteiger partial charge in [0.15, 0.2) is 11.5 Å². The van der Waals surface area contributed by atoms with E-state index in [9.17, 15) is 4.39 Å². The molecule has 6 nitrogen and oxygen atoms in total. The van der Waals surface area contributed by atoms with Crippen LogP contribution in [0.25, 0.3) is 22.6 Å². The van der Waals surface area contributed by atoms with Crippen molar-refractivity contribution in [1.82, 2.24) is 15.2 Å². The number of benzene rings is 2. The van der Waals surface area contributed by atoms with Crippen molar-refractivity contribution < 1.29 is 18.3 Å². The Hall–Kier alpha value is -3.74. The van der Waals surface area contributed by atoms with E-state index in [1.807, 2.05) is 42.5 Å². The van der Waals surface area contributed by atoms with Crippen LogP contribution < -0.4 is 9.47 Å². The highest BCUT2D eigenvalue weighted by Gasteiger charge is 2.13. The van der Waals surface area contributed by atoms with Crippen molar-refractivity contribution in [2.45, 2.75) is 13.3 Å². The maximum atomic E-state index is 13.8. The highest BCUT2D eigenvalue weighted by atomic mass is 19.1. The zero-order chi connectivity index (χ0) is 21.1. The molecule has 2 aromatic heterocycles. The lowest BCUT2D eigenvalue weighted by Gasteiger charge is -2.08. The van der Waals surface area contributed by atoms with Crippen LogP contribution in [-0.2, 0) is 6.42 Å². The van der Waals surface area contributed by atoms with Gasteiger partial charge < -0.3 is 13.9 Å². The van der Waals surface area contributed by atoms with E-state index in [-0.39, 0.29) is 0 Å². The summed E-state index contributed by atoms with van der Waals surface area (Å²) in [6.07, 6.45) is 1.92. The van der Waals surface area contributed by atoms with Crippen LogP contribution in [0.3, 0.4) is 0 Å². The molecule has 152 valence electrons. The van der Waals surface area contributed by atoms with Crippen molar-refractivity contribution >= 4 is 0 Å². The maximum Gasteiger partial charge on any atom is 0.247 e. The van der Waals surface area contributed by atoms with E-state index in [1.54, 1.807) is 27.2 Å². The summed E-state index contributed by atoms with van der Waals surface area (Å²) < 4.78 is 30.3. The molecule has 4 rings (SSSR count). The number of aromatic nitrogens is 3. The third-order valence-electron chi connectivity index (χ3n) is 4.83. The standard InChI is InChI=1S/C23H20FN3O3/c1-14-18(9-10-25-22(14)24)16-5-4-6-17(13-16)23-27-26-21(30-23)12-15-7-8-19(28-2)20(11-15)29-3/h4-11,13H,12H2,1-3H3. The molecule has 0 saturated heterocycles. The molecule has 0 radical (unpaired) electrons. The summed E-state index contributed by atoms with van der Waals surface area (Å²) in [5.41, 5.74) is 3.84. The molecule has 0 aliphatic carbocycles. The van der Waals surface area contributed by atoms with Gasteiger partial charge in [0.25, 0.3) is 0 Å². The van der Waals surface area contributed by atoms with Crippen molar-refractivity contribution in [3.63, 3.8) is 0 Å². The highest BCUT2D eigenvalue weighted by Crippen LogP contribution is 2.30. The second-order valence-corrected chi connectivity index (χ2v) is 6.72. The molecule has 0 amide bonds. The Morgan fingerprint density at radius 3 is 2.53 bits per heavy atom. The Morgan fingerprint density at radius 1 is 0.933 bits per heavy atom. The first-order chi connectivity index (χ1) is 14.6. The van der Waals surface area contributed by atoms with Gasteiger partial charge in [-0.05, 0) is 53.9 Å². The fourth-order valence-corrected chi connectivity index (χ4v) is 3.25. The number of hydrogen-bond acceptors (Lipinski definition) is 6. The summed E-state index contributed by atoms with van der Waals surface area (Å²) in [5.74, 6) is 1.70. The topological polar surface area (TPSA) is 70.3 Å². The van der Waals surface area contributed by atoms with Crippen molar-refractivity contribution in [2.24, 2.45) is 0 Å². The first-order valence-electron chi connectivity index (χ1n) is 9.34. The van der Waals surface area contributed by atoms with Gasteiger partial charge in [0.05, 0.1) is 20.6 Å². The molecule has 30 heavy (non-hydrogen) atoms. The molecule has 0 N–H and O–H groups in total. The molecular formula is C23H20FN3O3. The fraction of sp³-hybridized carbons (Fsp3) is 0.174. The minimum atomic E-state index is -0.479. The normalized spacial score (nSPS) is 10.8. The molecule has 2 aromatic carbocycles. The molecule has 2 heterocycles. The van der Waals surface area contributed by atoms with Gasteiger partial charge in [-0.2, -0.15) is 4.39 Å². The van der Waals surface area contributed by atoms with E-state index in [0.717, 1.165) is 22.3 Å². The summed E-state index contributed by atoms with van der Waals surface area (Å²) in [6, 6.07) is 15.0. The number of ether oxygens (including phenoxy) is 2. The largest absolute Gasteiger partial charge is 0.493 e. The van der Waals surface area contributed by atoms with Crippen molar-refractivity contribution in [1.29, 1.82) is 0 Å². The maximum absolute atomic E-state index is 13.8. The highest BCUT2D eigenvalue weighted by molar-refractivity contribution is 5.71. The van der Waals surface area contributed by atoms with Gasteiger partial charge >= 0.3 is 0 Å². The molecule has 0 unspecified atom stereocenters. The van der Waals surface area contributed by atoms with Crippen molar-refractivity contribution in [2.75, 3.05) is 14.2 Å². The molecular weight excluding hydrogens is 385 g/mol. The summed E-state index contributed by atoms with van der Waals surface area (Å²) in [7, 11) is 3.19. The van der Waals surface area contributed by atoms with Crippen LogP contribution in [0.1, 0.15) is 17.0 Å². The lowest BCUT2D eigenvalue weighted by molar-refractivity contribution is 0.354. The Balaban J connectivity index is 1.60. The zero-order valence-corrected chi connectivity index (χ0v) is 16.8. The summed E-state index contributed by atoms with van der Waals surface area (Å²) in [5, 5.41) is 8.34. The zero-order valence-electron chi connectivity index (χ0n) is 16.8. The molecule has 0 spiro atoms. The third-order valence-corrected chi connectivity index (χ3v) is 4.83. The molecule has 0 bridgehead atoms. The lowest BCUT2D eigenvalue weighted by Crippen LogP contribution is -1.94. The predicted octanol–water partition coefficient (Wildman–Crippen LogP) is 4.85. The summed E-state index contributed by atoms with van der Waals surface area (Å²) >= 11 is 0. The van der Waals surface area contributed by atoms with Gasteiger partial charge in [0.1, 0.15) is 0 Å². The monoisotopic (exact) mass is 405 g/mol. The molecule has 7 heteroatoms. The molecule has 0 fully saturated rings. The van der Waals surface area contributed by atoms with Crippen LogP contribution in [0.5, 0.6) is 11.5 Å². The van der Waals surface area contributed by atoms with E-state index >= 15 is 0 Å². The first-order valence-corrected chi connectivity index (χ1v) is 9.34. The Labute approximate surface area is 173 Å². The van der Waals surface area contributed by atoms with Crippen molar-refractivity contribution in [3.8, 4) is 34.1 Å². The molecule has 0 aliphatic heterocycles. The van der Waals surface area contributed by atoms with Gasteiger partial charge in [0.2, 0.25) is 17.7 Å². The fourth-order valence-electron chi connectivity index (χ4n) is 3.25. The number of rotatable bonds is 6. The molecule has 0 atom stereocenters. The Bertz CT molecular complexity index is 1190. The average molecular weight is 405 g/mol. The van der Waals surface area contributed by atoms with E-state index in [2.05, 4.69) is 15.2 Å². The van der Waals surface area contributed by atoms with Gasteiger partial charge in [-0.1, -0.05) is 18.2 Å². The van der Waals surface area contributed by atoms with E-state index in [1.165, 1.54) is 6.20 Å². The lowest BCUT2D eigenvalue weighted by atomic mass is 10.0. The van der Waals surface area contributed by atoms with Gasteiger partial charge in [-0.25, -0.2) is 4.98 Å². The summed E-state index contributed by atoms with van der Waals surface area (Å²) in [4.78, 5) is 3.69. The first kappa shape index (κ1) is 19.6. The van der Waals surface area contributed by atoms with Crippen LogP contribution in [0.4, 0.5) is 4.39 Å². The van der Waals surface area contributed by atoms with Crippen molar-refractivity contribution in [3.05, 3.63) is 77.7 Å². The van der Waals surface area contributed by atoms with Gasteiger partial charge in [-0.15, -0.1) is 10.2 Å². The smallest absolute Gasteiger partial charge is 0.247 e. The molecule has 0 saturated carbocycles. The van der Waals surface area contributed by atoms with E-state index in [0.29, 0.717) is 35.3 Å². The second-order valence-electron chi connectivity index (χ2n) is 6.72. The van der Waals surface area contributed by atoms with E-state index in [4.69, 9.17) is 13.9 Å². The number of methoxy groups -OCH3 is 2. The van der Waals surface area contributed by atoms with Gasteiger partial charge in [0, 0.05) is 17.3 Å². The predicted molar refractivity (Wildman–Crippen MR) is 110 cm³/mol. The minimum Gasteiger partial charge on any atom is -0.493 e. The third kappa shape index (κ3) is 3.87. The number of halogens is 1. The Kier molecular flexibility index (Phi) is 5.43. The number of nitrogens with zero attached hydrogens (tertiary/aromatic N) is 3. The van der Waals surface area contributed by atoms with Gasteiger partial charge in [-0.3, -0.25) is 0 Å².